The van der Waals surface area contributed by atoms with Crippen LogP contribution in [0, 0.1) is 12.3 Å². The van der Waals surface area contributed by atoms with Gasteiger partial charge < -0.3 is 5.32 Å². The van der Waals surface area contributed by atoms with Gasteiger partial charge in [-0.1, -0.05) is 32.0 Å². The van der Waals surface area contributed by atoms with Crippen LogP contribution in [0.2, 0.25) is 0 Å². The van der Waals surface area contributed by atoms with Gasteiger partial charge in [0.15, 0.2) is 0 Å². The predicted molar refractivity (Wildman–Crippen MR) is 109 cm³/mol. The molecule has 1 N–H and O–H groups in total. The monoisotopic (exact) mass is 377 g/mol. The van der Waals surface area contributed by atoms with E-state index in [9.17, 15) is 4.79 Å². The molecule has 1 aromatic carbocycles. The first-order valence-corrected chi connectivity index (χ1v) is 9.85. The Hall–Kier alpha value is -2.89. The van der Waals surface area contributed by atoms with E-state index in [0.29, 0.717) is 12.2 Å². The van der Waals surface area contributed by atoms with Gasteiger partial charge in [0.1, 0.15) is 5.69 Å². The Kier molecular flexibility index (Phi) is 4.57. The summed E-state index contributed by atoms with van der Waals surface area (Å²) in [6, 6.07) is 11.9. The Morgan fingerprint density at radius 3 is 2.75 bits per heavy atom. The highest BCUT2D eigenvalue weighted by atomic mass is 16.2. The third kappa shape index (κ3) is 3.35. The largest absolute Gasteiger partial charge is 0.344 e. The molecule has 1 unspecified atom stereocenters. The van der Waals surface area contributed by atoms with Crippen LogP contribution in [-0.2, 0) is 13.0 Å². The number of aromatic nitrogens is 4. The van der Waals surface area contributed by atoms with Gasteiger partial charge in [0.2, 0.25) is 0 Å². The fourth-order valence-corrected chi connectivity index (χ4v) is 4.16. The fourth-order valence-electron chi connectivity index (χ4n) is 4.16. The lowest BCUT2D eigenvalue weighted by Crippen LogP contribution is -2.37. The number of nitrogens with zero attached hydrogens (tertiary/aromatic N) is 4. The molecule has 3 aromatic rings. The number of carbonyl (C=O) groups excluding carboxylic acids is 1. The van der Waals surface area contributed by atoms with Crippen LogP contribution >= 0.6 is 0 Å². The van der Waals surface area contributed by atoms with Crippen molar-refractivity contribution >= 4 is 5.91 Å². The van der Waals surface area contributed by atoms with Crippen molar-refractivity contribution in [3.05, 3.63) is 65.2 Å². The van der Waals surface area contributed by atoms with E-state index >= 15 is 0 Å². The zero-order valence-corrected chi connectivity index (χ0v) is 16.9. The van der Waals surface area contributed by atoms with Gasteiger partial charge in [0.25, 0.3) is 5.91 Å². The molecule has 1 atom stereocenters. The fraction of sp³-hybridized carbons (Fsp3) is 0.409. The average molecular weight is 377 g/mol. The van der Waals surface area contributed by atoms with E-state index in [4.69, 9.17) is 0 Å². The minimum Gasteiger partial charge on any atom is -0.344 e. The maximum Gasteiger partial charge on any atom is 0.270 e. The van der Waals surface area contributed by atoms with Crippen LogP contribution in [0.4, 0.5) is 0 Å². The first-order valence-electron chi connectivity index (χ1n) is 9.85. The number of amides is 1. The number of benzene rings is 1. The Bertz CT molecular complexity index is 999. The van der Waals surface area contributed by atoms with E-state index in [1.165, 1.54) is 5.69 Å². The number of hydrogen-bond donors (Lipinski definition) is 1. The van der Waals surface area contributed by atoms with E-state index < -0.39 is 0 Å². The van der Waals surface area contributed by atoms with Crippen molar-refractivity contribution in [2.24, 2.45) is 5.41 Å². The quantitative estimate of drug-likeness (QED) is 0.751. The van der Waals surface area contributed by atoms with Gasteiger partial charge in [0, 0.05) is 12.1 Å². The number of nitrogens with one attached hydrogen (secondary N) is 1. The molecule has 6 nitrogen and oxygen atoms in total. The van der Waals surface area contributed by atoms with Crippen molar-refractivity contribution in [3.8, 4) is 5.69 Å². The van der Waals surface area contributed by atoms with E-state index in [1.54, 1.807) is 4.68 Å². The molecule has 6 heteroatoms. The molecule has 0 saturated carbocycles. The predicted octanol–water partition coefficient (Wildman–Crippen LogP) is 3.84. The molecule has 0 fully saturated rings. The summed E-state index contributed by atoms with van der Waals surface area (Å²) in [6.45, 7) is 9.07. The number of para-hydroxylation sites is 1. The van der Waals surface area contributed by atoms with Crippen LogP contribution in [0.1, 0.15) is 60.7 Å². The van der Waals surface area contributed by atoms with Crippen molar-refractivity contribution in [1.82, 2.24) is 24.9 Å². The Morgan fingerprint density at radius 2 is 2.04 bits per heavy atom. The highest BCUT2D eigenvalue weighted by Gasteiger charge is 2.36. The molecule has 146 valence electrons. The van der Waals surface area contributed by atoms with Crippen LogP contribution in [-0.4, -0.2) is 25.5 Å². The first kappa shape index (κ1) is 18.5. The van der Waals surface area contributed by atoms with Gasteiger partial charge in [0.05, 0.1) is 29.3 Å². The van der Waals surface area contributed by atoms with Crippen LogP contribution in [0.3, 0.4) is 0 Å². The summed E-state index contributed by atoms with van der Waals surface area (Å²) in [5, 5.41) is 12.3. The normalized spacial score (nSPS) is 17.9. The SMILES string of the molecule is CCn1nc(C)cc1C(=O)NC1CC(C)(C)Cc2c1cnn2-c1ccccc1. The van der Waals surface area contributed by atoms with Crippen LogP contribution in [0.15, 0.2) is 42.6 Å². The van der Waals surface area contributed by atoms with E-state index in [2.05, 4.69) is 41.5 Å². The molecule has 1 aliphatic rings. The van der Waals surface area contributed by atoms with Crippen molar-refractivity contribution in [3.63, 3.8) is 0 Å². The minimum atomic E-state index is -0.0800. The topological polar surface area (TPSA) is 64.7 Å². The molecule has 4 rings (SSSR count). The number of hydrogen-bond acceptors (Lipinski definition) is 3. The second-order valence-corrected chi connectivity index (χ2v) is 8.35. The maximum absolute atomic E-state index is 13.0. The molecule has 1 amide bonds. The Labute approximate surface area is 165 Å². The van der Waals surface area contributed by atoms with Crippen molar-refractivity contribution in [1.29, 1.82) is 0 Å². The summed E-state index contributed by atoms with van der Waals surface area (Å²) < 4.78 is 3.77. The van der Waals surface area contributed by atoms with Crippen molar-refractivity contribution < 1.29 is 4.79 Å². The molecule has 2 heterocycles. The number of carbonyl (C=O) groups is 1. The summed E-state index contributed by atoms with van der Waals surface area (Å²) >= 11 is 0. The molecule has 0 radical (unpaired) electrons. The lowest BCUT2D eigenvalue weighted by molar-refractivity contribution is 0.0908. The molecule has 2 aromatic heterocycles. The van der Waals surface area contributed by atoms with Gasteiger partial charge in [-0.25, -0.2) is 4.68 Å². The van der Waals surface area contributed by atoms with E-state index in [0.717, 1.165) is 29.8 Å². The standard InChI is InChI=1S/C22H27N5O/c1-5-26-19(11-15(2)25-26)21(28)24-18-12-22(3,4)13-20-17(18)14-23-27(20)16-9-7-6-8-10-16/h6-11,14,18H,5,12-13H2,1-4H3,(H,24,28). The third-order valence-electron chi connectivity index (χ3n) is 5.42. The molecular formula is C22H27N5O. The molecule has 0 bridgehead atoms. The average Bonchev–Trinajstić information content (AvgIpc) is 3.24. The summed E-state index contributed by atoms with van der Waals surface area (Å²) in [4.78, 5) is 13.0. The second kappa shape index (κ2) is 6.93. The van der Waals surface area contributed by atoms with Gasteiger partial charge >= 0.3 is 0 Å². The lowest BCUT2D eigenvalue weighted by Gasteiger charge is -2.36. The summed E-state index contributed by atoms with van der Waals surface area (Å²) in [5.41, 5.74) is 4.86. The Morgan fingerprint density at radius 1 is 1.29 bits per heavy atom. The Balaban J connectivity index is 1.68. The highest BCUT2D eigenvalue weighted by molar-refractivity contribution is 5.93. The van der Waals surface area contributed by atoms with E-state index in [1.807, 2.05) is 49.0 Å². The molecule has 0 spiro atoms. The van der Waals surface area contributed by atoms with Gasteiger partial charge in [-0.2, -0.15) is 10.2 Å². The number of rotatable bonds is 4. The molecule has 0 aliphatic heterocycles. The van der Waals surface area contributed by atoms with Crippen LogP contribution in [0.5, 0.6) is 0 Å². The van der Waals surface area contributed by atoms with Gasteiger partial charge in [-0.3, -0.25) is 9.48 Å². The lowest BCUT2D eigenvalue weighted by atomic mass is 9.74. The zero-order chi connectivity index (χ0) is 19.9. The molecular weight excluding hydrogens is 350 g/mol. The maximum atomic E-state index is 13.0. The minimum absolute atomic E-state index is 0.0655. The summed E-state index contributed by atoms with van der Waals surface area (Å²) in [6.07, 6.45) is 3.71. The number of fused-ring (bicyclic) bond motifs is 1. The highest BCUT2D eigenvalue weighted by Crippen LogP contribution is 2.41. The van der Waals surface area contributed by atoms with Crippen LogP contribution < -0.4 is 5.32 Å². The zero-order valence-electron chi connectivity index (χ0n) is 16.9. The molecule has 0 saturated heterocycles. The smallest absolute Gasteiger partial charge is 0.270 e. The van der Waals surface area contributed by atoms with Crippen molar-refractivity contribution in [2.45, 2.75) is 53.1 Å². The third-order valence-corrected chi connectivity index (χ3v) is 5.42. The van der Waals surface area contributed by atoms with Crippen LogP contribution in [0.25, 0.3) is 5.69 Å². The second-order valence-electron chi connectivity index (χ2n) is 8.35. The number of aryl methyl sites for hydroxylation is 2. The van der Waals surface area contributed by atoms with Gasteiger partial charge in [-0.15, -0.1) is 0 Å². The first-order chi connectivity index (χ1) is 13.4. The van der Waals surface area contributed by atoms with Crippen molar-refractivity contribution in [2.75, 3.05) is 0 Å². The van der Waals surface area contributed by atoms with Gasteiger partial charge in [-0.05, 0) is 50.3 Å². The summed E-state index contributed by atoms with van der Waals surface area (Å²) in [7, 11) is 0. The van der Waals surface area contributed by atoms with E-state index in [-0.39, 0.29) is 17.4 Å². The summed E-state index contributed by atoms with van der Waals surface area (Å²) in [5.74, 6) is -0.0800. The molecule has 1 aliphatic carbocycles. The molecule has 28 heavy (non-hydrogen) atoms.